The lowest BCUT2D eigenvalue weighted by Gasteiger charge is -2.59. The average Bonchev–Trinajstić information content (AvgIpc) is 3.00. The lowest BCUT2D eigenvalue weighted by atomic mass is 9.46. The van der Waals surface area contributed by atoms with Crippen molar-refractivity contribution in [3.8, 4) is 0 Å². The Morgan fingerprint density at radius 3 is 2.68 bits per heavy atom. The Labute approximate surface area is 182 Å². The molecule has 3 fully saturated rings. The number of Topliss-reactive ketones (excluding diaryl/α,β-unsaturated/α-hetero) is 1. The molecule has 0 radical (unpaired) electrons. The molecule has 7 heteroatoms. The van der Waals surface area contributed by atoms with E-state index in [-0.39, 0.29) is 36.6 Å². The lowest BCUT2D eigenvalue weighted by Crippen LogP contribution is -2.63. The number of ketones is 2. The minimum absolute atomic E-state index is 0.0143. The quantitative estimate of drug-likeness (QED) is 0.637. The molecule has 170 valence electrons. The van der Waals surface area contributed by atoms with E-state index >= 15 is 0 Å². The fraction of sp³-hybridized carbons (Fsp3) is 0.708. The van der Waals surface area contributed by atoms with Gasteiger partial charge in [0.2, 0.25) is 5.78 Å². The van der Waals surface area contributed by atoms with Crippen molar-refractivity contribution in [2.45, 2.75) is 57.7 Å². The predicted octanol–water partition coefficient (Wildman–Crippen LogP) is 1.75. The summed E-state index contributed by atoms with van der Waals surface area (Å²) in [6, 6.07) is 0. The smallest absolute Gasteiger partial charge is 0.333 e. The van der Waals surface area contributed by atoms with Crippen LogP contribution < -0.4 is 0 Å². The lowest BCUT2D eigenvalue weighted by molar-refractivity contribution is -0.202. The van der Waals surface area contributed by atoms with Gasteiger partial charge in [-0.2, -0.15) is 0 Å². The number of ether oxygens (including phenoxy) is 2. The van der Waals surface area contributed by atoms with Crippen LogP contribution in [-0.2, 0) is 23.9 Å². The van der Waals surface area contributed by atoms with Crippen LogP contribution in [0.3, 0.4) is 0 Å². The Hall–Kier alpha value is -1.83. The van der Waals surface area contributed by atoms with Gasteiger partial charge in [-0.3, -0.25) is 9.59 Å². The van der Waals surface area contributed by atoms with E-state index in [0.29, 0.717) is 12.8 Å². The number of methoxy groups -OCH3 is 1. The van der Waals surface area contributed by atoms with Crippen LogP contribution in [0.1, 0.15) is 46.0 Å². The van der Waals surface area contributed by atoms with Crippen LogP contribution in [0.25, 0.3) is 0 Å². The first-order valence-corrected chi connectivity index (χ1v) is 11.1. The molecule has 4 aliphatic rings. The van der Waals surface area contributed by atoms with Crippen molar-refractivity contribution < 1.29 is 34.1 Å². The number of fused-ring (bicyclic) bond motifs is 5. The highest BCUT2D eigenvalue weighted by molar-refractivity contribution is 6.01. The van der Waals surface area contributed by atoms with Crippen LogP contribution >= 0.6 is 0 Å². The number of allylic oxidation sites excluding steroid dienone is 4. The molecule has 0 amide bonds. The summed E-state index contributed by atoms with van der Waals surface area (Å²) in [7, 11) is 1.38. The van der Waals surface area contributed by atoms with E-state index in [9.17, 15) is 24.6 Å². The third-order valence-electron chi connectivity index (χ3n) is 8.76. The number of carbonyl (C=O) groups excluding carboxylic acids is 3. The zero-order valence-electron chi connectivity index (χ0n) is 18.4. The Bertz CT molecular complexity index is 860. The molecule has 7 nitrogen and oxygen atoms in total. The normalized spacial score (nSPS) is 43.5. The van der Waals surface area contributed by atoms with Crippen LogP contribution in [0, 0.1) is 28.6 Å². The molecule has 2 N–H and O–H groups in total. The Kier molecular flexibility index (Phi) is 5.51. The Morgan fingerprint density at radius 1 is 1.26 bits per heavy atom. The minimum Gasteiger partial charge on any atom is -0.449 e. The van der Waals surface area contributed by atoms with Gasteiger partial charge in [0.15, 0.2) is 11.4 Å². The van der Waals surface area contributed by atoms with Crippen molar-refractivity contribution in [2.75, 3.05) is 20.3 Å². The van der Waals surface area contributed by atoms with Crippen LogP contribution in [0.5, 0.6) is 0 Å². The van der Waals surface area contributed by atoms with Crippen LogP contribution in [0.15, 0.2) is 23.8 Å². The van der Waals surface area contributed by atoms with Crippen LogP contribution in [0.2, 0.25) is 0 Å². The minimum atomic E-state index is -1.47. The standard InChI is InChI=1S/C24H32O7/c1-22-8-6-15(26)10-14(22)4-5-16-17-7-9-24(19(28)12-25,31-20(29)13-30-3)23(17,2)11-18(27)21(16)22/h6,8,10,16-18,21,25,27H,4-5,7,9,11-13H2,1-3H3/t16-,17-,18-,21+,22-,23-,24-/m0/s1. The number of carbonyl (C=O) groups is 3. The van der Waals surface area contributed by atoms with E-state index in [0.717, 1.165) is 18.4 Å². The molecule has 31 heavy (non-hydrogen) atoms. The van der Waals surface area contributed by atoms with E-state index in [1.807, 2.05) is 13.0 Å². The number of hydrogen-bond donors (Lipinski definition) is 2. The van der Waals surface area contributed by atoms with Gasteiger partial charge in [0.05, 0.1) is 6.10 Å². The molecule has 0 saturated heterocycles. The van der Waals surface area contributed by atoms with Gasteiger partial charge in [-0.15, -0.1) is 0 Å². The van der Waals surface area contributed by atoms with E-state index in [1.165, 1.54) is 7.11 Å². The number of rotatable bonds is 5. The molecule has 3 saturated carbocycles. The van der Waals surface area contributed by atoms with Gasteiger partial charge in [0, 0.05) is 23.9 Å². The summed E-state index contributed by atoms with van der Waals surface area (Å²) in [5.41, 5.74) is -1.60. The molecule has 0 unspecified atom stereocenters. The maximum atomic E-state index is 13.0. The summed E-state index contributed by atoms with van der Waals surface area (Å²) < 4.78 is 10.7. The summed E-state index contributed by atoms with van der Waals surface area (Å²) in [4.78, 5) is 37.3. The zero-order chi connectivity index (χ0) is 22.6. The van der Waals surface area contributed by atoms with Crippen molar-refractivity contribution in [2.24, 2.45) is 28.6 Å². The first kappa shape index (κ1) is 22.4. The molecule has 0 aromatic carbocycles. The third-order valence-corrected chi connectivity index (χ3v) is 8.76. The molecular formula is C24H32O7. The summed E-state index contributed by atoms with van der Waals surface area (Å²) in [6.45, 7) is 3.01. The second-order valence-electron chi connectivity index (χ2n) is 10.1. The average molecular weight is 433 g/mol. The van der Waals surface area contributed by atoms with E-state index in [4.69, 9.17) is 9.47 Å². The number of aliphatic hydroxyl groups excluding tert-OH is 2. The summed E-state index contributed by atoms with van der Waals surface area (Å²) in [6.07, 6.45) is 7.36. The van der Waals surface area contributed by atoms with Crippen molar-refractivity contribution in [3.05, 3.63) is 23.8 Å². The van der Waals surface area contributed by atoms with Gasteiger partial charge in [0.25, 0.3) is 0 Å². The molecule has 4 aliphatic carbocycles. The van der Waals surface area contributed by atoms with Crippen molar-refractivity contribution >= 4 is 17.5 Å². The van der Waals surface area contributed by atoms with Crippen LogP contribution in [0.4, 0.5) is 0 Å². The summed E-state index contributed by atoms with van der Waals surface area (Å²) >= 11 is 0. The van der Waals surface area contributed by atoms with E-state index in [1.54, 1.807) is 12.2 Å². The Balaban J connectivity index is 1.73. The maximum absolute atomic E-state index is 13.0. The van der Waals surface area contributed by atoms with Crippen LogP contribution in [-0.4, -0.2) is 59.8 Å². The molecule has 4 rings (SSSR count). The Morgan fingerprint density at radius 2 is 2.00 bits per heavy atom. The number of aliphatic hydroxyl groups is 2. The second-order valence-corrected chi connectivity index (χ2v) is 10.1. The predicted molar refractivity (Wildman–Crippen MR) is 111 cm³/mol. The van der Waals surface area contributed by atoms with Gasteiger partial charge in [-0.25, -0.2) is 4.79 Å². The fourth-order valence-corrected chi connectivity index (χ4v) is 7.47. The fourth-order valence-electron chi connectivity index (χ4n) is 7.47. The molecule has 7 atom stereocenters. The number of esters is 1. The summed E-state index contributed by atoms with van der Waals surface area (Å²) in [5, 5.41) is 21.2. The molecule has 0 aliphatic heterocycles. The zero-order valence-corrected chi connectivity index (χ0v) is 18.4. The first-order valence-electron chi connectivity index (χ1n) is 11.1. The molecule has 0 aromatic rings. The van der Waals surface area contributed by atoms with Crippen molar-refractivity contribution in [3.63, 3.8) is 0 Å². The monoisotopic (exact) mass is 432 g/mol. The molecule has 0 bridgehead atoms. The van der Waals surface area contributed by atoms with Crippen molar-refractivity contribution in [1.29, 1.82) is 0 Å². The van der Waals surface area contributed by atoms with Gasteiger partial charge >= 0.3 is 5.97 Å². The second kappa shape index (κ2) is 7.64. The van der Waals surface area contributed by atoms with E-state index in [2.05, 4.69) is 6.92 Å². The largest absolute Gasteiger partial charge is 0.449 e. The molecule has 0 heterocycles. The molecule has 0 spiro atoms. The third kappa shape index (κ3) is 3.08. The number of hydrogen-bond acceptors (Lipinski definition) is 7. The molecular weight excluding hydrogens is 400 g/mol. The topological polar surface area (TPSA) is 110 Å². The van der Waals surface area contributed by atoms with E-state index < -0.39 is 40.9 Å². The van der Waals surface area contributed by atoms with Gasteiger partial charge < -0.3 is 19.7 Å². The SMILES string of the molecule is COCC(=O)O[C@]1(C(=O)CO)CC[C@H]2[C@@H]3CCC4=CC(=O)C=C[C@]4(C)[C@H]3[C@@H](O)C[C@@]21C. The summed E-state index contributed by atoms with van der Waals surface area (Å²) in [5.74, 6) is -1.08. The molecule has 0 aromatic heterocycles. The highest BCUT2D eigenvalue weighted by atomic mass is 16.6. The maximum Gasteiger partial charge on any atom is 0.333 e. The van der Waals surface area contributed by atoms with Gasteiger partial charge in [-0.1, -0.05) is 25.5 Å². The van der Waals surface area contributed by atoms with Gasteiger partial charge in [-0.05, 0) is 56.1 Å². The van der Waals surface area contributed by atoms with Gasteiger partial charge in [0.1, 0.15) is 13.2 Å². The van der Waals surface area contributed by atoms with Crippen molar-refractivity contribution in [1.82, 2.24) is 0 Å². The highest BCUT2D eigenvalue weighted by Gasteiger charge is 2.70. The first-order chi connectivity index (χ1) is 14.6. The highest BCUT2D eigenvalue weighted by Crippen LogP contribution is 2.67.